The van der Waals surface area contributed by atoms with Crippen molar-refractivity contribution >= 4 is 45.6 Å². The second-order valence-corrected chi connectivity index (χ2v) is 8.35. The molecule has 6 nitrogen and oxygen atoms in total. The molecule has 9 heteroatoms. The minimum Gasteiger partial charge on any atom is -0.348 e. The van der Waals surface area contributed by atoms with Crippen molar-refractivity contribution in [2.45, 2.75) is 24.3 Å². The predicted octanol–water partition coefficient (Wildman–Crippen LogP) is 2.96. The molecule has 0 radical (unpaired) electrons. The summed E-state index contributed by atoms with van der Waals surface area (Å²) in [5.41, 5.74) is 1.23. The van der Waals surface area contributed by atoms with Crippen LogP contribution in [-0.2, 0) is 10.0 Å². The minimum absolute atomic E-state index is 0. The molecular weight excluding hydrogens is 409 g/mol. The lowest BCUT2D eigenvalue weighted by molar-refractivity contribution is 0.0940. The predicted molar refractivity (Wildman–Crippen MR) is 109 cm³/mol. The molecule has 1 saturated heterocycles. The number of halogens is 2. The normalized spacial score (nSPS) is 16.4. The summed E-state index contributed by atoms with van der Waals surface area (Å²) < 4.78 is 28.0. The molecule has 0 aromatic heterocycles. The molecule has 2 aromatic rings. The van der Waals surface area contributed by atoms with Crippen LogP contribution in [-0.4, -0.2) is 33.5 Å². The van der Waals surface area contributed by atoms with Gasteiger partial charge in [-0.3, -0.25) is 9.52 Å². The van der Waals surface area contributed by atoms with Crippen molar-refractivity contribution in [1.29, 1.82) is 0 Å². The average molecular weight is 430 g/mol. The summed E-state index contributed by atoms with van der Waals surface area (Å²) in [4.78, 5) is 12.5. The highest BCUT2D eigenvalue weighted by atomic mass is 35.5. The van der Waals surface area contributed by atoms with Gasteiger partial charge in [-0.1, -0.05) is 23.7 Å². The molecule has 2 aromatic carbocycles. The van der Waals surface area contributed by atoms with E-state index in [1.807, 2.05) is 0 Å². The van der Waals surface area contributed by atoms with Crippen LogP contribution in [0.3, 0.4) is 0 Å². The number of sulfonamides is 1. The SMILES string of the molecule is Cc1ccc(C(=O)NC2CCNC2)cc1S(=O)(=O)Nc1cccc(Cl)c1.Cl. The van der Waals surface area contributed by atoms with Gasteiger partial charge in [0.15, 0.2) is 0 Å². The van der Waals surface area contributed by atoms with Gasteiger partial charge in [0.05, 0.1) is 10.6 Å². The highest BCUT2D eigenvalue weighted by Crippen LogP contribution is 2.22. The molecule has 1 amide bonds. The number of carbonyl (C=O) groups is 1. The van der Waals surface area contributed by atoms with Crippen LogP contribution in [0.15, 0.2) is 47.4 Å². The second-order valence-electron chi connectivity index (χ2n) is 6.26. The fourth-order valence-corrected chi connectivity index (χ4v) is 4.35. The molecule has 1 atom stereocenters. The van der Waals surface area contributed by atoms with Crippen LogP contribution in [0.1, 0.15) is 22.3 Å². The maximum absolute atomic E-state index is 12.8. The first-order chi connectivity index (χ1) is 12.3. The molecule has 0 spiro atoms. The van der Waals surface area contributed by atoms with E-state index in [4.69, 9.17) is 11.6 Å². The Morgan fingerprint density at radius 3 is 2.67 bits per heavy atom. The topological polar surface area (TPSA) is 87.3 Å². The van der Waals surface area contributed by atoms with E-state index < -0.39 is 10.0 Å². The fraction of sp³-hybridized carbons (Fsp3) is 0.278. The number of hydrogen-bond donors (Lipinski definition) is 3. The van der Waals surface area contributed by atoms with Crippen LogP contribution in [0.25, 0.3) is 0 Å². The highest BCUT2D eigenvalue weighted by Gasteiger charge is 2.21. The van der Waals surface area contributed by atoms with Gasteiger partial charge in [0.2, 0.25) is 0 Å². The second kappa shape index (κ2) is 8.93. The van der Waals surface area contributed by atoms with E-state index >= 15 is 0 Å². The number of carbonyl (C=O) groups excluding carboxylic acids is 1. The van der Waals surface area contributed by atoms with E-state index in [-0.39, 0.29) is 29.3 Å². The summed E-state index contributed by atoms with van der Waals surface area (Å²) in [5.74, 6) is -0.280. The number of hydrogen-bond acceptors (Lipinski definition) is 4. The lowest BCUT2D eigenvalue weighted by atomic mass is 10.1. The van der Waals surface area contributed by atoms with E-state index in [1.54, 1.807) is 37.3 Å². The summed E-state index contributed by atoms with van der Waals surface area (Å²) in [6.07, 6.45) is 0.860. The molecule has 0 aliphatic carbocycles. The van der Waals surface area contributed by atoms with Gasteiger partial charge in [0, 0.05) is 23.2 Å². The van der Waals surface area contributed by atoms with Crippen LogP contribution < -0.4 is 15.4 Å². The third-order valence-corrected chi connectivity index (χ3v) is 5.97. The quantitative estimate of drug-likeness (QED) is 0.681. The van der Waals surface area contributed by atoms with E-state index in [9.17, 15) is 13.2 Å². The average Bonchev–Trinajstić information content (AvgIpc) is 3.07. The third kappa shape index (κ3) is 5.35. The molecule has 3 N–H and O–H groups in total. The zero-order valence-electron chi connectivity index (χ0n) is 14.7. The number of amides is 1. The zero-order chi connectivity index (χ0) is 18.7. The van der Waals surface area contributed by atoms with Crippen molar-refractivity contribution in [1.82, 2.24) is 10.6 Å². The zero-order valence-corrected chi connectivity index (χ0v) is 17.0. The van der Waals surface area contributed by atoms with Crippen molar-refractivity contribution in [3.05, 3.63) is 58.6 Å². The van der Waals surface area contributed by atoms with E-state index in [2.05, 4.69) is 15.4 Å². The van der Waals surface area contributed by atoms with Gasteiger partial charge in [-0.2, -0.15) is 0 Å². The Kier molecular flexibility index (Phi) is 7.11. The van der Waals surface area contributed by atoms with Gasteiger partial charge >= 0.3 is 0 Å². The van der Waals surface area contributed by atoms with Crippen molar-refractivity contribution in [2.75, 3.05) is 17.8 Å². The van der Waals surface area contributed by atoms with Crippen LogP contribution in [0.4, 0.5) is 5.69 Å². The van der Waals surface area contributed by atoms with Gasteiger partial charge < -0.3 is 10.6 Å². The Morgan fingerprint density at radius 1 is 1.22 bits per heavy atom. The number of anilines is 1. The first-order valence-corrected chi connectivity index (χ1v) is 10.1. The van der Waals surface area contributed by atoms with Crippen LogP contribution in [0.2, 0.25) is 5.02 Å². The minimum atomic E-state index is -3.85. The summed E-state index contributed by atoms with van der Waals surface area (Å²) in [6.45, 7) is 3.27. The van der Waals surface area contributed by atoms with Crippen molar-refractivity contribution in [3.8, 4) is 0 Å². The number of nitrogens with one attached hydrogen (secondary N) is 3. The lowest BCUT2D eigenvalue weighted by Crippen LogP contribution is -2.36. The molecule has 1 unspecified atom stereocenters. The van der Waals surface area contributed by atoms with Crippen molar-refractivity contribution in [2.24, 2.45) is 0 Å². The smallest absolute Gasteiger partial charge is 0.262 e. The monoisotopic (exact) mass is 429 g/mol. The van der Waals surface area contributed by atoms with E-state index in [1.165, 1.54) is 12.1 Å². The van der Waals surface area contributed by atoms with Gasteiger partial charge in [-0.25, -0.2) is 8.42 Å². The molecular formula is C18H21Cl2N3O3S. The van der Waals surface area contributed by atoms with Crippen molar-refractivity contribution in [3.63, 3.8) is 0 Å². The maximum Gasteiger partial charge on any atom is 0.262 e. The molecule has 0 saturated carbocycles. The Labute approximate surface area is 170 Å². The lowest BCUT2D eigenvalue weighted by Gasteiger charge is -2.14. The van der Waals surface area contributed by atoms with Gasteiger partial charge in [0.1, 0.15) is 0 Å². The molecule has 1 aliphatic rings. The molecule has 27 heavy (non-hydrogen) atoms. The van der Waals surface area contributed by atoms with Crippen LogP contribution in [0.5, 0.6) is 0 Å². The Morgan fingerprint density at radius 2 is 2.00 bits per heavy atom. The summed E-state index contributed by atoms with van der Waals surface area (Å²) >= 11 is 5.91. The molecule has 1 heterocycles. The van der Waals surface area contributed by atoms with Crippen LogP contribution in [0, 0.1) is 6.92 Å². The number of benzene rings is 2. The first-order valence-electron chi connectivity index (χ1n) is 8.26. The number of aryl methyl sites for hydroxylation is 1. The largest absolute Gasteiger partial charge is 0.348 e. The Balaban J connectivity index is 0.00000261. The molecule has 146 valence electrons. The first kappa shape index (κ1) is 21.5. The Hall–Kier alpha value is -1.80. The van der Waals surface area contributed by atoms with Gasteiger partial charge in [0.25, 0.3) is 15.9 Å². The standard InChI is InChI=1S/C18H20ClN3O3S.ClH/c1-12-5-6-13(18(23)21-16-7-8-20-11-16)9-17(12)26(24,25)22-15-4-2-3-14(19)10-15;/h2-6,9-10,16,20,22H,7-8,11H2,1H3,(H,21,23);1H. The van der Waals surface area contributed by atoms with Crippen molar-refractivity contribution < 1.29 is 13.2 Å². The molecule has 1 fully saturated rings. The maximum atomic E-state index is 12.8. The van der Waals surface area contributed by atoms with Gasteiger partial charge in [-0.15, -0.1) is 12.4 Å². The number of rotatable bonds is 5. The molecule has 1 aliphatic heterocycles. The summed E-state index contributed by atoms with van der Waals surface area (Å²) in [6, 6.07) is 11.2. The van der Waals surface area contributed by atoms with E-state index in [0.29, 0.717) is 21.8 Å². The fourth-order valence-electron chi connectivity index (χ4n) is 2.84. The van der Waals surface area contributed by atoms with E-state index in [0.717, 1.165) is 19.5 Å². The summed E-state index contributed by atoms with van der Waals surface area (Å²) in [5, 5.41) is 6.52. The highest BCUT2D eigenvalue weighted by molar-refractivity contribution is 7.92. The Bertz CT molecular complexity index is 929. The van der Waals surface area contributed by atoms with Crippen LogP contribution >= 0.6 is 24.0 Å². The third-order valence-electron chi connectivity index (χ3n) is 4.21. The molecule has 3 rings (SSSR count). The van der Waals surface area contributed by atoms with Gasteiger partial charge in [-0.05, 0) is 55.8 Å². The molecule has 0 bridgehead atoms. The summed E-state index contributed by atoms with van der Waals surface area (Å²) in [7, 11) is -3.85.